The first-order chi connectivity index (χ1) is 11.0. The smallest absolute Gasteiger partial charge is 0.321 e. The number of nitrogens with one attached hydrogen (secondary N) is 1. The summed E-state index contributed by atoms with van der Waals surface area (Å²) in [6.45, 7) is 4.38. The van der Waals surface area contributed by atoms with E-state index in [9.17, 15) is 14.7 Å². The van der Waals surface area contributed by atoms with E-state index in [2.05, 4.69) is 10.2 Å². The Morgan fingerprint density at radius 1 is 1.22 bits per heavy atom. The fourth-order valence-corrected chi connectivity index (χ4v) is 3.39. The molecule has 2 amide bonds. The average Bonchev–Trinajstić information content (AvgIpc) is 3.16. The Labute approximate surface area is 136 Å². The van der Waals surface area contributed by atoms with E-state index in [1.54, 1.807) is 29.2 Å². The molecule has 23 heavy (non-hydrogen) atoms. The second-order valence-corrected chi connectivity index (χ2v) is 6.35. The van der Waals surface area contributed by atoms with Crippen LogP contribution >= 0.6 is 0 Å². The van der Waals surface area contributed by atoms with Crippen LogP contribution in [-0.4, -0.2) is 65.0 Å². The molecule has 1 aromatic carbocycles. The summed E-state index contributed by atoms with van der Waals surface area (Å²) in [6, 6.07) is 6.71. The minimum absolute atomic E-state index is 0.0341. The van der Waals surface area contributed by atoms with Crippen LogP contribution in [0.1, 0.15) is 30.1 Å². The third-order valence-electron chi connectivity index (χ3n) is 4.68. The normalized spacial score (nSPS) is 24.9. The van der Waals surface area contributed by atoms with E-state index in [1.165, 1.54) is 6.92 Å². The number of aliphatic hydroxyl groups is 1. The van der Waals surface area contributed by atoms with Crippen molar-refractivity contribution in [1.29, 1.82) is 0 Å². The second-order valence-electron chi connectivity index (χ2n) is 6.35. The zero-order valence-electron chi connectivity index (χ0n) is 13.4. The summed E-state index contributed by atoms with van der Waals surface area (Å²) in [5, 5.41) is 13.1. The maximum absolute atomic E-state index is 12.4. The van der Waals surface area contributed by atoms with Crippen molar-refractivity contribution in [2.75, 3.05) is 31.5 Å². The quantitative estimate of drug-likeness (QED) is 0.830. The molecular formula is C17H23N3O3. The number of β-amino-alcohol motifs (C(OH)–C–C–N with tert-alkyl or cyclic N) is 1. The van der Waals surface area contributed by atoms with Crippen molar-refractivity contribution in [2.45, 2.75) is 31.9 Å². The van der Waals surface area contributed by atoms with Crippen LogP contribution in [0, 0.1) is 0 Å². The van der Waals surface area contributed by atoms with Gasteiger partial charge in [-0.2, -0.15) is 0 Å². The Kier molecular flexibility index (Phi) is 4.63. The number of hydrogen-bond donors (Lipinski definition) is 2. The number of carbonyl (C=O) groups excluding carboxylic acids is 2. The lowest BCUT2D eigenvalue weighted by Gasteiger charge is -2.25. The van der Waals surface area contributed by atoms with Crippen LogP contribution in [0.3, 0.4) is 0 Å². The minimum Gasteiger partial charge on any atom is -0.390 e. The molecule has 2 aliphatic rings. The zero-order chi connectivity index (χ0) is 16.4. The van der Waals surface area contributed by atoms with Crippen LogP contribution in [0.5, 0.6) is 0 Å². The van der Waals surface area contributed by atoms with Crippen LogP contribution in [0.4, 0.5) is 10.5 Å². The van der Waals surface area contributed by atoms with Crippen LogP contribution in [0.15, 0.2) is 24.3 Å². The summed E-state index contributed by atoms with van der Waals surface area (Å²) in [7, 11) is 0. The first-order valence-electron chi connectivity index (χ1n) is 8.13. The molecule has 3 rings (SSSR count). The molecule has 2 fully saturated rings. The predicted octanol–water partition coefficient (Wildman–Crippen LogP) is 1.56. The number of amides is 2. The number of nitrogens with zero attached hydrogens (tertiary/aromatic N) is 2. The monoisotopic (exact) mass is 317 g/mol. The number of urea groups is 1. The van der Waals surface area contributed by atoms with E-state index >= 15 is 0 Å². The van der Waals surface area contributed by atoms with Crippen molar-refractivity contribution in [2.24, 2.45) is 0 Å². The molecule has 2 aliphatic heterocycles. The zero-order valence-corrected chi connectivity index (χ0v) is 13.4. The number of aliphatic hydroxyl groups excluding tert-OH is 1. The number of ketones is 1. The molecular weight excluding hydrogens is 294 g/mol. The molecule has 0 saturated carbocycles. The highest BCUT2D eigenvalue weighted by molar-refractivity contribution is 5.96. The molecule has 2 unspecified atom stereocenters. The summed E-state index contributed by atoms with van der Waals surface area (Å²) in [5.41, 5.74) is 1.17. The predicted molar refractivity (Wildman–Crippen MR) is 87.6 cm³/mol. The van der Waals surface area contributed by atoms with Crippen molar-refractivity contribution >= 4 is 17.5 Å². The number of carbonyl (C=O) groups is 2. The molecule has 124 valence electrons. The summed E-state index contributed by atoms with van der Waals surface area (Å²) in [6.07, 6.45) is 1.82. The van der Waals surface area contributed by atoms with Gasteiger partial charge in [-0.15, -0.1) is 0 Å². The fraction of sp³-hybridized carbons (Fsp3) is 0.529. The highest BCUT2D eigenvalue weighted by Crippen LogP contribution is 2.22. The first-order valence-corrected chi connectivity index (χ1v) is 8.13. The van der Waals surface area contributed by atoms with Gasteiger partial charge in [-0.3, -0.25) is 9.69 Å². The third-order valence-corrected chi connectivity index (χ3v) is 4.68. The number of benzene rings is 1. The lowest BCUT2D eigenvalue weighted by molar-refractivity contribution is 0.0980. The Morgan fingerprint density at radius 2 is 1.96 bits per heavy atom. The molecule has 2 saturated heterocycles. The molecule has 2 heterocycles. The van der Waals surface area contributed by atoms with Gasteiger partial charge in [-0.1, -0.05) is 12.1 Å². The maximum atomic E-state index is 12.4. The summed E-state index contributed by atoms with van der Waals surface area (Å²) < 4.78 is 0. The standard InChI is InChI=1S/C17H23N3O3/c1-12(21)13-5-4-6-14(9-13)18-17(23)20-10-15(16(22)11-20)19-7-2-3-8-19/h4-6,9,15-16,22H,2-3,7-8,10-11H2,1H3,(H,18,23). The van der Waals surface area contributed by atoms with Gasteiger partial charge >= 0.3 is 6.03 Å². The fourth-order valence-electron chi connectivity index (χ4n) is 3.39. The van der Waals surface area contributed by atoms with Crippen LogP contribution in [0.25, 0.3) is 0 Å². The highest BCUT2D eigenvalue weighted by Gasteiger charge is 2.38. The number of hydrogen-bond acceptors (Lipinski definition) is 4. The molecule has 0 bridgehead atoms. The van der Waals surface area contributed by atoms with E-state index in [0.717, 1.165) is 25.9 Å². The van der Waals surface area contributed by atoms with Crippen molar-refractivity contribution in [3.05, 3.63) is 29.8 Å². The molecule has 1 aromatic rings. The van der Waals surface area contributed by atoms with Crippen molar-refractivity contribution in [3.63, 3.8) is 0 Å². The SMILES string of the molecule is CC(=O)c1cccc(NC(=O)N2CC(O)C(N3CCCC3)C2)c1. The van der Waals surface area contributed by atoms with Gasteiger partial charge in [0.15, 0.2) is 5.78 Å². The molecule has 0 spiro atoms. The van der Waals surface area contributed by atoms with E-state index in [-0.39, 0.29) is 17.9 Å². The first kappa shape index (κ1) is 16.0. The van der Waals surface area contributed by atoms with Gasteiger partial charge in [0.1, 0.15) is 0 Å². The Hall–Kier alpha value is -1.92. The van der Waals surface area contributed by atoms with Crippen LogP contribution in [0.2, 0.25) is 0 Å². The highest BCUT2D eigenvalue weighted by atomic mass is 16.3. The average molecular weight is 317 g/mol. The van der Waals surface area contributed by atoms with Gasteiger partial charge in [0.25, 0.3) is 0 Å². The molecule has 2 atom stereocenters. The summed E-state index contributed by atoms with van der Waals surface area (Å²) in [4.78, 5) is 27.7. The summed E-state index contributed by atoms with van der Waals surface area (Å²) in [5.74, 6) is -0.0354. The van der Waals surface area contributed by atoms with Gasteiger partial charge in [0.05, 0.1) is 18.7 Å². The molecule has 0 radical (unpaired) electrons. The lowest BCUT2D eigenvalue weighted by atomic mass is 10.1. The second kappa shape index (κ2) is 6.68. The number of Topliss-reactive ketones (excluding diaryl/α,β-unsaturated/α-hetero) is 1. The molecule has 0 aliphatic carbocycles. The van der Waals surface area contributed by atoms with Crippen molar-refractivity contribution < 1.29 is 14.7 Å². The van der Waals surface area contributed by atoms with Crippen LogP contribution in [-0.2, 0) is 0 Å². The molecule has 0 aromatic heterocycles. The van der Waals surface area contributed by atoms with Crippen molar-refractivity contribution in [1.82, 2.24) is 9.80 Å². The van der Waals surface area contributed by atoms with Gasteiger partial charge in [0.2, 0.25) is 0 Å². The third kappa shape index (κ3) is 3.54. The van der Waals surface area contributed by atoms with Crippen molar-refractivity contribution in [3.8, 4) is 0 Å². The van der Waals surface area contributed by atoms with E-state index in [0.29, 0.717) is 24.3 Å². The Morgan fingerprint density at radius 3 is 2.65 bits per heavy atom. The topological polar surface area (TPSA) is 72.9 Å². The maximum Gasteiger partial charge on any atom is 0.321 e. The summed E-state index contributed by atoms with van der Waals surface area (Å²) >= 11 is 0. The Bertz CT molecular complexity index is 599. The molecule has 2 N–H and O–H groups in total. The largest absolute Gasteiger partial charge is 0.390 e. The van der Waals surface area contributed by atoms with Gasteiger partial charge < -0.3 is 15.3 Å². The number of anilines is 1. The van der Waals surface area contributed by atoms with Gasteiger partial charge in [-0.25, -0.2) is 4.79 Å². The number of rotatable bonds is 3. The molecule has 6 heteroatoms. The Balaban J connectivity index is 1.62. The number of likely N-dealkylation sites (tertiary alicyclic amines) is 2. The minimum atomic E-state index is -0.498. The van der Waals surface area contributed by atoms with Gasteiger partial charge in [-0.05, 0) is 45.0 Å². The lowest BCUT2D eigenvalue weighted by Crippen LogP contribution is -2.41. The van der Waals surface area contributed by atoms with E-state index < -0.39 is 6.10 Å². The molecule has 6 nitrogen and oxygen atoms in total. The van der Waals surface area contributed by atoms with E-state index in [4.69, 9.17) is 0 Å². The van der Waals surface area contributed by atoms with E-state index in [1.807, 2.05) is 0 Å². The van der Waals surface area contributed by atoms with Gasteiger partial charge in [0, 0.05) is 17.8 Å². The van der Waals surface area contributed by atoms with Crippen LogP contribution < -0.4 is 5.32 Å².